The van der Waals surface area contributed by atoms with E-state index in [2.05, 4.69) is 5.32 Å². The fourth-order valence-corrected chi connectivity index (χ4v) is 2.16. The van der Waals surface area contributed by atoms with Gasteiger partial charge in [0, 0.05) is 6.54 Å². The Hall–Kier alpha value is -1.25. The second-order valence-electron chi connectivity index (χ2n) is 4.26. The molecule has 0 bridgehead atoms. The predicted molar refractivity (Wildman–Crippen MR) is 61.3 cm³/mol. The molecule has 1 saturated carbocycles. The van der Waals surface area contributed by atoms with Crippen molar-refractivity contribution in [3.8, 4) is 0 Å². The molecule has 0 amide bonds. The van der Waals surface area contributed by atoms with Crippen molar-refractivity contribution in [3.05, 3.63) is 24.0 Å². The number of hydrogen-bond acceptors (Lipinski definition) is 2. The molecule has 82 valence electrons. The van der Waals surface area contributed by atoms with Gasteiger partial charge in [0.2, 0.25) is 0 Å². The third-order valence-electron chi connectivity index (χ3n) is 3.07. The molecule has 15 heavy (non-hydrogen) atoms. The Morgan fingerprint density at radius 2 is 2.07 bits per heavy atom. The van der Waals surface area contributed by atoms with E-state index < -0.39 is 0 Å². The van der Waals surface area contributed by atoms with Crippen LogP contribution in [0.3, 0.4) is 0 Å². The molecule has 1 aromatic carbocycles. The fraction of sp³-hybridized carbons (Fsp3) is 0.500. The van der Waals surface area contributed by atoms with Gasteiger partial charge in [-0.05, 0) is 37.0 Å². The number of anilines is 2. The Balaban J connectivity index is 1.92. The lowest BCUT2D eigenvalue weighted by molar-refractivity contribution is 0.580. The highest BCUT2D eigenvalue weighted by atomic mass is 19.1. The highest BCUT2D eigenvalue weighted by Gasteiger charge is 2.14. The number of rotatable bonds is 3. The SMILES string of the molecule is Nc1cc(F)ccc1NCC1CCCC1. The molecule has 1 aromatic rings. The third kappa shape index (κ3) is 2.61. The first-order chi connectivity index (χ1) is 7.25. The standard InChI is InChI=1S/C12H17FN2/c13-10-5-6-12(11(14)7-10)15-8-9-3-1-2-4-9/h5-7,9,15H,1-4,8,14H2. The molecule has 2 nitrogen and oxygen atoms in total. The molecule has 1 aliphatic carbocycles. The van der Waals surface area contributed by atoms with E-state index in [0.717, 1.165) is 18.2 Å². The number of benzene rings is 1. The molecule has 1 fully saturated rings. The average Bonchev–Trinajstić information content (AvgIpc) is 2.69. The van der Waals surface area contributed by atoms with Crippen molar-refractivity contribution in [1.29, 1.82) is 0 Å². The highest BCUT2D eigenvalue weighted by Crippen LogP contribution is 2.26. The van der Waals surface area contributed by atoms with Crippen LogP contribution in [0.5, 0.6) is 0 Å². The first-order valence-corrected chi connectivity index (χ1v) is 5.54. The summed E-state index contributed by atoms with van der Waals surface area (Å²) in [4.78, 5) is 0. The lowest BCUT2D eigenvalue weighted by Gasteiger charge is -2.13. The van der Waals surface area contributed by atoms with E-state index in [1.54, 1.807) is 6.07 Å². The molecule has 0 aromatic heterocycles. The van der Waals surface area contributed by atoms with Crippen LogP contribution in [0.15, 0.2) is 18.2 Å². The minimum Gasteiger partial charge on any atom is -0.397 e. The summed E-state index contributed by atoms with van der Waals surface area (Å²) < 4.78 is 12.8. The lowest BCUT2D eigenvalue weighted by Crippen LogP contribution is -2.12. The van der Waals surface area contributed by atoms with Gasteiger partial charge in [-0.15, -0.1) is 0 Å². The Morgan fingerprint density at radius 1 is 1.33 bits per heavy atom. The normalized spacial score (nSPS) is 16.9. The molecule has 0 saturated heterocycles. The molecule has 1 aliphatic rings. The minimum atomic E-state index is -0.279. The summed E-state index contributed by atoms with van der Waals surface area (Å²) in [6.45, 7) is 0.954. The van der Waals surface area contributed by atoms with Crippen molar-refractivity contribution in [3.63, 3.8) is 0 Å². The Bertz CT molecular complexity index is 332. The molecule has 0 atom stereocenters. The van der Waals surface area contributed by atoms with Crippen molar-refractivity contribution in [2.75, 3.05) is 17.6 Å². The Labute approximate surface area is 89.7 Å². The van der Waals surface area contributed by atoms with Crippen LogP contribution in [0.4, 0.5) is 15.8 Å². The summed E-state index contributed by atoms with van der Waals surface area (Å²) in [7, 11) is 0. The van der Waals surface area contributed by atoms with Crippen LogP contribution in [0.2, 0.25) is 0 Å². The van der Waals surface area contributed by atoms with Crippen molar-refractivity contribution < 1.29 is 4.39 Å². The summed E-state index contributed by atoms with van der Waals surface area (Å²) in [5.74, 6) is 0.480. The summed E-state index contributed by atoms with van der Waals surface area (Å²) >= 11 is 0. The second kappa shape index (κ2) is 4.51. The van der Waals surface area contributed by atoms with Crippen LogP contribution < -0.4 is 11.1 Å². The van der Waals surface area contributed by atoms with Crippen LogP contribution in [0.1, 0.15) is 25.7 Å². The number of hydrogen-bond donors (Lipinski definition) is 2. The molecule has 0 aliphatic heterocycles. The second-order valence-corrected chi connectivity index (χ2v) is 4.26. The topological polar surface area (TPSA) is 38.0 Å². The van der Waals surface area contributed by atoms with Gasteiger partial charge in [-0.25, -0.2) is 4.39 Å². The van der Waals surface area contributed by atoms with E-state index in [1.807, 2.05) is 0 Å². The van der Waals surface area contributed by atoms with Crippen molar-refractivity contribution in [2.45, 2.75) is 25.7 Å². The maximum Gasteiger partial charge on any atom is 0.125 e. The van der Waals surface area contributed by atoms with Crippen molar-refractivity contribution >= 4 is 11.4 Å². The molecule has 3 N–H and O–H groups in total. The zero-order chi connectivity index (χ0) is 10.7. The molecular formula is C12H17FN2. The Kier molecular flexibility index (Phi) is 3.09. The van der Waals surface area contributed by atoms with Gasteiger partial charge >= 0.3 is 0 Å². The van der Waals surface area contributed by atoms with E-state index in [4.69, 9.17) is 5.73 Å². The maximum absolute atomic E-state index is 12.8. The number of nitrogens with one attached hydrogen (secondary N) is 1. The predicted octanol–water partition coefficient (Wildman–Crippen LogP) is 3.01. The highest BCUT2D eigenvalue weighted by molar-refractivity contribution is 5.65. The monoisotopic (exact) mass is 208 g/mol. The minimum absolute atomic E-state index is 0.279. The summed E-state index contributed by atoms with van der Waals surface area (Å²) in [5.41, 5.74) is 7.05. The molecule has 2 rings (SSSR count). The molecular weight excluding hydrogens is 191 g/mol. The van der Waals surface area contributed by atoms with E-state index >= 15 is 0 Å². The Morgan fingerprint density at radius 3 is 2.73 bits per heavy atom. The van der Waals surface area contributed by atoms with Crippen LogP contribution in [-0.4, -0.2) is 6.54 Å². The van der Waals surface area contributed by atoms with Gasteiger partial charge in [-0.1, -0.05) is 12.8 Å². The molecule has 0 radical (unpaired) electrons. The zero-order valence-corrected chi connectivity index (χ0v) is 8.80. The number of nitrogen functional groups attached to an aromatic ring is 1. The smallest absolute Gasteiger partial charge is 0.125 e. The van der Waals surface area contributed by atoms with E-state index in [-0.39, 0.29) is 5.82 Å². The van der Waals surface area contributed by atoms with Crippen molar-refractivity contribution in [2.24, 2.45) is 5.92 Å². The summed E-state index contributed by atoms with van der Waals surface area (Å²) in [6.07, 6.45) is 5.28. The van der Waals surface area contributed by atoms with E-state index in [9.17, 15) is 4.39 Å². The van der Waals surface area contributed by atoms with Gasteiger partial charge < -0.3 is 11.1 Å². The third-order valence-corrected chi connectivity index (χ3v) is 3.07. The average molecular weight is 208 g/mol. The van der Waals surface area contributed by atoms with Crippen LogP contribution in [0.25, 0.3) is 0 Å². The zero-order valence-electron chi connectivity index (χ0n) is 8.80. The van der Waals surface area contributed by atoms with Crippen LogP contribution in [-0.2, 0) is 0 Å². The summed E-state index contributed by atoms with van der Waals surface area (Å²) in [6, 6.07) is 4.50. The van der Waals surface area contributed by atoms with E-state index in [0.29, 0.717) is 5.69 Å². The molecule has 0 spiro atoms. The quantitative estimate of drug-likeness (QED) is 0.749. The van der Waals surface area contributed by atoms with Crippen molar-refractivity contribution in [1.82, 2.24) is 0 Å². The van der Waals surface area contributed by atoms with Gasteiger partial charge in [0.1, 0.15) is 5.82 Å². The molecule has 3 heteroatoms. The lowest BCUT2D eigenvalue weighted by atomic mass is 10.1. The summed E-state index contributed by atoms with van der Waals surface area (Å²) in [5, 5.41) is 3.29. The maximum atomic E-state index is 12.8. The molecule has 0 heterocycles. The van der Waals surface area contributed by atoms with Crippen LogP contribution >= 0.6 is 0 Å². The molecule has 0 unspecified atom stereocenters. The van der Waals surface area contributed by atoms with Gasteiger partial charge in [-0.2, -0.15) is 0 Å². The first kappa shape index (κ1) is 10.3. The van der Waals surface area contributed by atoms with Gasteiger partial charge in [0.15, 0.2) is 0 Å². The largest absolute Gasteiger partial charge is 0.397 e. The first-order valence-electron chi connectivity index (χ1n) is 5.54. The van der Waals surface area contributed by atoms with Gasteiger partial charge in [-0.3, -0.25) is 0 Å². The fourth-order valence-electron chi connectivity index (χ4n) is 2.16. The van der Waals surface area contributed by atoms with Gasteiger partial charge in [0.05, 0.1) is 11.4 Å². The van der Waals surface area contributed by atoms with Gasteiger partial charge in [0.25, 0.3) is 0 Å². The van der Waals surface area contributed by atoms with E-state index in [1.165, 1.54) is 37.8 Å². The number of halogens is 1. The van der Waals surface area contributed by atoms with Crippen LogP contribution in [0, 0.1) is 11.7 Å². The number of nitrogens with two attached hydrogens (primary N) is 1.